The lowest BCUT2D eigenvalue weighted by atomic mass is 10.1. The lowest BCUT2D eigenvalue weighted by Gasteiger charge is -2.07. The number of nitrogens with zero attached hydrogens (tertiary/aromatic N) is 1. The number of hydrogen-bond donors (Lipinski definition) is 1. The minimum absolute atomic E-state index is 0.107. The van der Waals surface area contributed by atoms with Gasteiger partial charge in [0.2, 0.25) is 0 Å². The maximum absolute atomic E-state index is 12.5. The van der Waals surface area contributed by atoms with Crippen LogP contribution in [0.2, 0.25) is 0 Å². The number of ether oxygens (including phenoxy) is 1. The Bertz CT molecular complexity index is 1090. The molecule has 0 saturated carbocycles. The first-order chi connectivity index (χ1) is 13.4. The van der Waals surface area contributed by atoms with Gasteiger partial charge in [-0.1, -0.05) is 24.3 Å². The molecule has 8 heteroatoms. The van der Waals surface area contributed by atoms with Crippen molar-refractivity contribution < 1.29 is 17.9 Å². The summed E-state index contributed by atoms with van der Waals surface area (Å²) >= 11 is 1.31. The molecule has 0 aliphatic carbocycles. The second-order valence-corrected chi connectivity index (χ2v) is 9.19. The van der Waals surface area contributed by atoms with E-state index in [4.69, 9.17) is 4.74 Å². The van der Waals surface area contributed by atoms with E-state index in [1.165, 1.54) is 11.3 Å². The molecule has 0 aliphatic heterocycles. The SMILES string of the molecule is CCOc1ccccc1-c1csc(NC(=O)c2cccc(CS(C)(=O)=O)c2)n1. The summed E-state index contributed by atoms with van der Waals surface area (Å²) in [7, 11) is -3.17. The molecule has 1 aromatic heterocycles. The lowest BCUT2D eigenvalue weighted by molar-refractivity contribution is 0.102. The summed E-state index contributed by atoms with van der Waals surface area (Å²) < 4.78 is 28.6. The Labute approximate surface area is 168 Å². The Morgan fingerprint density at radius 1 is 1.18 bits per heavy atom. The highest BCUT2D eigenvalue weighted by Crippen LogP contribution is 2.32. The highest BCUT2D eigenvalue weighted by atomic mass is 32.2. The van der Waals surface area contributed by atoms with Gasteiger partial charge in [-0.15, -0.1) is 11.3 Å². The van der Waals surface area contributed by atoms with Gasteiger partial charge in [0.05, 0.1) is 18.1 Å². The standard InChI is InChI=1S/C20H20N2O4S2/c1-3-26-18-10-5-4-9-16(18)17-12-27-20(21-17)22-19(23)15-8-6-7-14(11-15)13-28(2,24)25/h4-12H,3,13H2,1-2H3,(H,21,22,23). The summed E-state index contributed by atoms with van der Waals surface area (Å²) in [6, 6.07) is 14.2. The van der Waals surface area contributed by atoms with Crippen LogP contribution in [0.3, 0.4) is 0 Å². The van der Waals surface area contributed by atoms with Crippen LogP contribution in [-0.4, -0.2) is 32.2 Å². The zero-order chi connectivity index (χ0) is 20.1. The Morgan fingerprint density at radius 2 is 1.96 bits per heavy atom. The van der Waals surface area contributed by atoms with Crippen molar-refractivity contribution in [1.82, 2.24) is 4.98 Å². The number of benzene rings is 2. The van der Waals surface area contributed by atoms with Gasteiger partial charge in [0.25, 0.3) is 5.91 Å². The van der Waals surface area contributed by atoms with Crippen molar-refractivity contribution in [2.75, 3.05) is 18.2 Å². The summed E-state index contributed by atoms with van der Waals surface area (Å²) in [6.45, 7) is 2.47. The highest BCUT2D eigenvalue weighted by Gasteiger charge is 2.14. The lowest BCUT2D eigenvalue weighted by Crippen LogP contribution is -2.12. The van der Waals surface area contributed by atoms with Crippen molar-refractivity contribution in [3.05, 3.63) is 65.0 Å². The summed E-state index contributed by atoms with van der Waals surface area (Å²) in [4.78, 5) is 17.0. The van der Waals surface area contributed by atoms with Crippen molar-refractivity contribution in [3.8, 4) is 17.0 Å². The molecule has 28 heavy (non-hydrogen) atoms. The van der Waals surface area contributed by atoms with E-state index in [1.807, 2.05) is 36.6 Å². The third-order valence-electron chi connectivity index (χ3n) is 3.81. The van der Waals surface area contributed by atoms with Crippen LogP contribution in [-0.2, 0) is 15.6 Å². The van der Waals surface area contributed by atoms with Crippen LogP contribution in [0.4, 0.5) is 5.13 Å². The fourth-order valence-electron chi connectivity index (χ4n) is 2.69. The molecule has 1 heterocycles. The average molecular weight is 417 g/mol. The Kier molecular flexibility index (Phi) is 6.11. The zero-order valence-corrected chi connectivity index (χ0v) is 17.1. The molecule has 3 aromatic rings. The van der Waals surface area contributed by atoms with Gasteiger partial charge in [-0.25, -0.2) is 13.4 Å². The predicted octanol–water partition coefficient (Wildman–Crippen LogP) is 4.01. The number of carbonyl (C=O) groups is 1. The normalized spacial score (nSPS) is 11.2. The molecule has 0 bridgehead atoms. The molecule has 1 N–H and O–H groups in total. The van der Waals surface area contributed by atoms with Gasteiger partial charge in [-0.3, -0.25) is 10.1 Å². The fraction of sp³-hybridized carbons (Fsp3) is 0.200. The highest BCUT2D eigenvalue weighted by molar-refractivity contribution is 7.89. The molecule has 0 spiro atoms. The predicted molar refractivity (Wildman–Crippen MR) is 112 cm³/mol. The van der Waals surface area contributed by atoms with Crippen molar-refractivity contribution in [2.24, 2.45) is 0 Å². The third-order valence-corrected chi connectivity index (χ3v) is 5.42. The second kappa shape index (κ2) is 8.53. The number of amides is 1. The van der Waals surface area contributed by atoms with E-state index in [0.717, 1.165) is 23.3 Å². The molecule has 3 rings (SSSR count). The topological polar surface area (TPSA) is 85.4 Å². The molecule has 0 radical (unpaired) electrons. The number of anilines is 1. The summed E-state index contributed by atoms with van der Waals surface area (Å²) in [5.41, 5.74) is 2.53. The smallest absolute Gasteiger partial charge is 0.257 e. The van der Waals surface area contributed by atoms with Crippen LogP contribution in [0.1, 0.15) is 22.8 Å². The molecule has 0 fully saturated rings. The molecule has 0 saturated heterocycles. The molecule has 146 valence electrons. The average Bonchev–Trinajstić information content (AvgIpc) is 3.09. The first-order valence-corrected chi connectivity index (χ1v) is 11.6. The molecule has 0 atom stereocenters. The van der Waals surface area contributed by atoms with E-state index in [-0.39, 0.29) is 11.7 Å². The van der Waals surface area contributed by atoms with Crippen molar-refractivity contribution >= 4 is 32.2 Å². The first kappa shape index (κ1) is 20.0. The number of carbonyl (C=O) groups excluding carboxylic acids is 1. The number of para-hydroxylation sites is 1. The number of rotatable bonds is 7. The van der Waals surface area contributed by atoms with Gasteiger partial charge < -0.3 is 4.74 Å². The molecule has 6 nitrogen and oxygen atoms in total. The van der Waals surface area contributed by atoms with E-state index in [0.29, 0.717) is 22.9 Å². The molecule has 2 aromatic carbocycles. The summed E-state index contributed by atoms with van der Waals surface area (Å²) in [5, 5.41) is 5.08. The van der Waals surface area contributed by atoms with Gasteiger partial charge in [0, 0.05) is 22.8 Å². The van der Waals surface area contributed by atoms with E-state index < -0.39 is 9.84 Å². The number of hydrogen-bond acceptors (Lipinski definition) is 6. The molecule has 0 unspecified atom stereocenters. The fourth-order valence-corrected chi connectivity index (χ4v) is 4.18. The minimum atomic E-state index is -3.17. The van der Waals surface area contributed by atoms with E-state index in [9.17, 15) is 13.2 Å². The van der Waals surface area contributed by atoms with Crippen LogP contribution in [0, 0.1) is 0 Å². The molecule has 1 amide bonds. The van der Waals surface area contributed by atoms with Crippen LogP contribution in [0.5, 0.6) is 5.75 Å². The number of nitrogens with one attached hydrogen (secondary N) is 1. The number of thiazole rings is 1. The molecular weight excluding hydrogens is 396 g/mol. The quantitative estimate of drug-likeness (QED) is 0.629. The maximum Gasteiger partial charge on any atom is 0.257 e. The van der Waals surface area contributed by atoms with Gasteiger partial charge in [-0.2, -0.15) is 0 Å². The van der Waals surface area contributed by atoms with Crippen LogP contribution < -0.4 is 10.1 Å². The van der Waals surface area contributed by atoms with Crippen molar-refractivity contribution in [3.63, 3.8) is 0 Å². The maximum atomic E-state index is 12.5. The Hall–Kier alpha value is -2.71. The second-order valence-electron chi connectivity index (χ2n) is 6.19. The van der Waals surface area contributed by atoms with E-state index in [1.54, 1.807) is 24.3 Å². The van der Waals surface area contributed by atoms with Crippen LogP contribution >= 0.6 is 11.3 Å². The molecule has 0 aliphatic rings. The van der Waals surface area contributed by atoms with Gasteiger partial charge in [-0.05, 0) is 36.8 Å². The summed E-state index contributed by atoms with van der Waals surface area (Å²) in [5.74, 6) is 0.292. The Balaban J connectivity index is 1.77. The van der Waals surface area contributed by atoms with Gasteiger partial charge in [0.15, 0.2) is 15.0 Å². The van der Waals surface area contributed by atoms with Crippen LogP contribution in [0.25, 0.3) is 11.3 Å². The van der Waals surface area contributed by atoms with Crippen molar-refractivity contribution in [2.45, 2.75) is 12.7 Å². The monoisotopic (exact) mass is 416 g/mol. The number of aromatic nitrogens is 1. The Morgan fingerprint density at radius 3 is 2.71 bits per heavy atom. The van der Waals surface area contributed by atoms with Gasteiger partial charge in [0.1, 0.15) is 5.75 Å². The summed E-state index contributed by atoms with van der Waals surface area (Å²) in [6.07, 6.45) is 1.16. The largest absolute Gasteiger partial charge is 0.493 e. The van der Waals surface area contributed by atoms with Crippen molar-refractivity contribution in [1.29, 1.82) is 0 Å². The first-order valence-electron chi connectivity index (χ1n) is 8.61. The van der Waals surface area contributed by atoms with E-state index >= 15 is 0 Å². The van der Waals surface area contributed by atoms with Crippen LogP contribution in [0.15, 0.2) is 53.9 Å². The minimum Gasteiger partial charge on any atom is -0.493 e. The molecular formula is C20H20N2O4S2. The number of sulfone groups is 1. The zero-order valence-electron chi connectivity index (χ0n) is 15.5. The van der Waals surface area contributed by atoms with Gasteiger partial charge >= 0.3 is 0 Å². The third kappa shape index (κ3) is 5.17. The van der Waals surface area contributed by atoms with E-state index in [2.05, 4.69) is 10.3 Å².